The SMILES string of the molecule is NCCCNC(=O)c1cn2c3c(c(N4CCC(N)C4)c(F)cc3c1=O)Oc1cc3ccccc3cc1-2. The summed E-state index contributed by atoms with van der Waals surface area (Å²) in [4.78, 5) is 28.3. The lowest BCUT2D eigenvalue weighted by molar-refractivity contribution is 0.0952. The van der Waals surface area contributed by atoms with E-state index < -0.39 is 17.2 Å². The molecule has 1 atom stereocenters. The van der Waals surface area contributed by atoms with Crippen LogP contribution in [-0.2, 0) is 0 Å². The molecule has 1 fully saturated rings. The van der Waals surface area contributed by atoms with E-state index in [0.29, 0.717) is 49.6 Å². The van der Waals surface area contributed by atoms with Crippen molar-refractivity contribution in [1.29, 1.82) is 0 Å². The summed E-state index contributed by atoms with van der Waals surface area (Å²) in [5.41, 5.74) is 12.4. The molecular weight excluding hydrogens is 461 g/mol. The monoisotopic (exact) mass is 487 g/mol. The van der Waals surface area contributed by atoms with E-state index in [1.807, 2.05) is 41.3 Å². The number of amides is 1. The molecule has 2 aliphatic heterocycles. The quantitative estimate of drug-likeness (QED) is 0.328. The number of nitrogens with one attached hydrogen (secondary N) is 1. The number of nitrogens with zero attached hydrogens (tertiary/aromatic N) is 2. The molecule has 1 amide bonds. The Hall–Kier alpha value is -3.95. The summed E-state index contributed by atoms with van der Waals surface area (Å²) in [5.74, 6) is -0.338. The molecule has 8 nitrogen and oxygen atoms in total. The smallest absolute Gasteiger partial charge is 0.256 e. The molecule has 1 saturated heterocycles. The highest BCUT2D eigenvalue weighted by Crippen LogP contribution is 2.48. The van der Waals surface area contributed by atoms with E-state index in [1.54, 1.807) is 4.57 Å². The molecule has 0 radical (unpaired) electrons. The minimum atomic E-state index is -0.583. The van der Waals surface area contributed by atoms with Crippen molar-refractivity contribution in [2.75, 3.05) is 31.1 Å². The number of hydrogen-bond acceptors (Lipinski definition) is 6. The molecule has 3 heterocycles. The number of pyridine rings is 1. The molecule has 4 aromatic rings. The lowest BCUT2D eigenvalue weighted by atomic mass is 10.0. The second kappa shape index (κ2) is 8.61. The number of ether oxygens (including phenoxy) is 1. The summed E-state index contributed by atoms with van der Waals surface area (Å²) in [6.07, 6.45) is 2.84. The van der Waals surface area contributed by atoms with Crippen LogP contribution in [0.25, 0.3) is 27.4 Å². The summed E-state index contributed by atoms with van der Waals surface area (Å²) in [5, 5.41) is 4.75. The van der Waals surface area contributed by atoms with Crippen LogP contribution < -0.4 is 31.8 Å². The largest absolute Gasteiger partial charge is 0.451 e. The molecule has 5 N–H and O–H groups in total. The molecular formula is C27H26FN5O3. The van der Waals surface area contributed by atoms with Crippen LogP contribution >= 0.6 is 0 Å². The van der Waals surface area contributed by atoms with Gasteiger partial charge < -0.3 is 31.0 Å². The maximum absolute atomic E-state index is 15.7. The van der Waals surface area contributed by atoms with E-state index in [9.17, 15) is 9.59 Å². The summed E-state index contributed by atoms with van der Waals surface area (Å²) >= 11 is 0. The number of fused-ring (bicyclic) bond motifs is 3. The molecule has 0 spiro atoms. The summed E-state index contributed by atoms with van der Waals surface area (Å²) in [7, 11) is 0. The van der Waals surface area contributed by atoms with Crippen LogP contribution in [0.1, 0.15) is 23.2 Å². The van der Waals surface area contributed by atoms with Crippen molar-refractivity contribution in [2.45, 2.75) is 18.9 Å². The molecule has 1 aromatic heterocycles. The standard InChI is InChI=1S/C27H26FN5O3/c28-20-12-18-23-26(24(20)32-9-6-17(30)13-32)36-22-11-16-5-2-1-4-15(16)10-21(22)33(23)14-19(25(18)34)27(35)31-8-3-7-29/h1-2,4-5,10-12,14,17H,3,6-9,13,29-30H2,(H,31,35). The van der Waals surface area contributed by atoms with Crippen molar-refractivity contribution < 1.29 is 13.9 Å². The zero-order valence-electron chi connectivity index (χ0n) is 19.6. The van der Waals surface area contributed by atoms with Gasteiger partial charge in [0.15, 0.2) is 17.3 Å². The minimum absolute atomic E-state index is 0.0678. The van der Waals surface area contributed by atoms with Gasteiger partial charge in [-0.2, -0.15) is 0 Å². The maximum atomic E-state index is 15.7. The van der Waals surface area contributed by atoms with Crippen molar-refractivity contribution in [3.63, 3.8) is 0 Å². The van der Waals surface area contributed by atoms with E-state index in [1.165, 1.54) is 12.3 Å². The van der Waals surface area contributed by atoms with Crippen LogP contribution in [0.4, 0.5) is 10.1 Å². The molecule has 9 heteroatoms. The van der Waals surface area contributed by atoms with Crippen molar-refractivity contribution in [3.8, 4) is 17.2 Å². The van der Waals surface area contributed by atoms with Crippen LogP contribution in [0, 0.1) is 5.82 Å². The Morgan fingerprint density at radius 1 is 1.19 bits per heavy atom. The lowest BCUT2D eigenvalue weighted by Gasteiger charge is -2.29. The number of anilines is 1. The predicted molar refractivity (Wildman–Crippen MR) is 138 cm³/mol. The number of benzene rings is 3. The number of nitrogens with two attached hydrogens (primary N) is 2. The number of halogens is 1. The van der Waals surface area contributed by atoms with Gasteiger partial charge in [-0.05, 0) is 48.4 Å². The van der Waals surface area contributed by atoms with Gasteiger partial charge in [-0.1, -0.05) is 24.3 Å². The number of hydrogen-bond donors (Lipinski definition) is 3. The molecule has 0 aliphatic carbocycles. The van der Waals surface area contributed by atoms with E-state index in [4.69, 9.17) is 16.2 Å². The third kappa shape index (κ3) is 3.51. The van der Waals surface area contributed by atoms with Gasteiger partial charge in [0.25, 0.3) is 5.91 Å². The first kappa shape index (κ1) is 22.5. The fourth-order valence-corrected chi connectivity index (χ4v) is 5.14. The Morgan fingerprint density at radius 3 is 2.69 bits per heavy atom. The van der Waals surface area contributed by atoms with E-state index in [0.717, 1.165) is 17.2 Å². The average Bonchev–Trinajstić information content (AvgIpc) is 3.29. The van der Waals surface area contributed by atoms with Crippen LogP contribution in [-0.4, -0.2) is 42.7 Å². The van der Waals surface area contributed by atoms with Crippen LogP contribution in [0.3, 0.4) is 0 Å². The Balaban J connectivity index is 1.64. The van der Waals surface area contributed by atoms with E-state index in [-0.39, 0.29) is 28.4 Å². The van der Waals surface area contributed by atoms with Crippen LogP contribution in [0.5, 0.6) is 11.5 Å². The molecule has 6 rings (SSSR count). The van der Waals surface area contributed by atoms with Gasteiger partial charge >= 0.3 is 0 Å². The fraction of sp³-hybridized carbons (Fsp3) is 0.259. The van der Waals surface area contributed by atoms with Crippen LogP contribution in [0.2, 0.25) is 0 Å². The normalized spacial score (nSPS) is 16.3. The number of carbonyl (C=O) groups is 1. The Labute approximate surface area is 206 Å². The Bertz CT molecular complexity index is 1600. The molecule has 2 aliphatic rings. The fourth-order valence-electron chi connectivity index (χ4n) is 5.14. The van der Waals surface area contributed by atoms with Crippen molar-refractivity contribution in [2.24, 2.45) is 11.5 Å². The van der Waals surface area contributed by atoms with E-state index >= 15 is 4.39 Å². The van der Waals surface area contributed by atoms with Crippen LogP contribution in [0.15, 0.2) is 53.5 Å². The van der Waals surface area contributed by atoms with Gasteiger partial charge in [-0.25, -0.2) is 4.39 Å². The van der Waals surface area contributed by atoms with E-state index in [2.05, 4.69) is 5.32 Å². The first-order valence-electron chi connectivity index (χ1n) is 12.1. The van der Waals surface area contributed by atoms with Gasteiger partial charge in [0, 0.05) is 31.9 Å². The Kier molecular flexibility index (Phi) is 5.39. The maximum Gasteiger partial charge on any atom is 0.256 e. The number of aromatic nitrogens is 1. The molecule has 3 aromatic carbocycles. The molecule has 0 saturated carbocycles. The highest BCUT2D eigenvalue weighted by molar-refractivity contribution is 6.02. The summed E-state index contributed by atoms with van der Waals surface area (Å²) < 4.78 is 23.8. The predicted octanol–water partition coefficient (Wildman–Crippen LogP) is 3.00. The lowest BCUT2D eigenvalue weighted by Crippen LogP contribution is -2.32. The highest BCUT2D eigenvalue weighted by Gasteiger charge is 2.32. The first-order chi connectivity index (χ1) is 17.5. The molecule has 0 bridgehead atoms. The third-order valence-corrected chi connectivity index (χ3v) is 6.92. The minimum Gasteiger partial charge on any atom is -0.451 e. The number of carbonyl (C=O) groups excluding carboxylic acids is 1. The van der Waals surface area contributed by atoms with Crippen molar-refractivity contribution in [3.05, 3.63) is 70.3 Å². The van der Waals surface area contributed by atoms with Gasteiger partial charge in [0.2, 0.25) is 5.43 Å². The van der Waals surface area contributed by atoms with Gasteiger partial charge in [0.05, 0.1) is 11.1 Å². The topological polar surface area (TPSA) is 116 Å². The third-order valence-electron chi connectivity index (χ3n) is 6.92. The zero-order valence-corrected chi connectivity index (χ0v) is 19.6. The van der Waals surface area contributed by atoms with Crippen molar-refractivity contribution in [1.82, 2.24) is 9.88 Å². The number of rotatable bonds is 5. The highest BCUT2D eigenvalue weighted by atomic mass is 19.1. The van der Waals surface area contributed by atoms with Gasteiger partial charge in [-0.3, -0.25) is 9.59 Å². The second-order valence-electron chi connectivity index (χ2n) is 9.34. The molecule has 36 heavy (non-hydrogen) atoms. The summed E-state index contributed by atoms with van der Waals surface area (Å²) in [6, 6.07) is 12.8. The molecule has 1 unspecified atom stereocenters. The molecule has 184 valence electrons. The first-order valence-corrected chi connectivity index (χ1v) is 12.1. The zero-order chi connectivity index (χ0) is 25.0. The Morgan fingerprint density at radius 2 is 1.97 bits per heavy atom. The summed E-state index contributed by atoms with van der Waals surface area (Å²) in [6.45, 7) is 1.81. The van der Waals surface area contributed by atoms with Gasteiger partial charge in [0.1, 0.15) is 16.8 Å². The average molecular weight is 488 g/mol. The second-order valence-corrected chi connectivity index (χ2v) is 9.34. The van der Waals surface area contributed by atoms with Crippen molar-refractivity contribution >= 4 is 33.3 Å². The van der Waals surface area contributed by atoms with Gasteiger partial charge in [-0.15, -0.1) is 0 Å².